The van der Waals surface area contributed by atoms with Gasteiger partial charge in [-0.15, -0.1) is 0 Å². The number of ketones is 1. The predicted octanol–water partition coefficient (Wildman–Crippen LogP) is 2.53. The molecule has 20 heavy (non-hydrogen) atoms. The molecule has 4 nitrogen and oxygen atoms in total. The zero-order valence-electron chi connectivity index (χ0n) is 11.4. The summed E-state index contributed by atoms with van der Waals surface area (Å²) in [7, 11) is 1.58. The molecule has 1 aromatic carbocycles. The number of hydrogen-bond donors (Lipinski definition) is 0. The van der Waals surface area contributed by atoms with Crippen LogP contribution in [0.3, 0.4) is 0 Å². The Morgan fingerprint density at radius 2 is 2.10 bits per heavy atom. The van der Waals surface area contributed by atoms with E-state index in [2.05, 4.69) is 4.98 Å². The number of carbonyl (C=O) groups excluding carboxylic acids is 1. The van der Waals surface area contributed by atoms with Gasteiger partial charge in [0.25, 0.3) is 0 Å². The molecule has 0 radical (unpaired) electrons. The maximum atomic E-state index is 11.9. The Labute approximate surface area is 118 Å². The van der Waals surface area contributed by atoms with E-state index < -0.39 is 0 Å². The topological polar surface area (TPSA) is 48.4 Å². The molecule has 1 heterocycles. The first-order valence-corrected chi connectivity index (χ1v) is 6.44. The van der Waals surface area contributed by atoms with Crippen molar-refractivity contribution < 1.29 is 14.3 Å². The van der Waals surface area contributed by atoms with Gasteiger partial charge in [0.15, 0.2) is 5.78 Å². The SMILES string of the molecule is COc1cccc(C(=O)COCCc2ccccn2)c1. The first-order chi connectivity index (χ1) is 9.79. The molecule has 2 aromatic rings. The van der Waals surface area contributed by atoms with E-state index in [1.807, 2.05) is 18.2 Å². The van der Waals surface area contributed by atoms with Crippen molar-refractivity contribution in [1.29, 1.82) is 0 Å². The highest BCUT2D eigenvalue weighted by Crippen LogP contribution is 2.13. The van der Waals surface area contributed by atoms with Crippen LogP contribution in [0.5, 0.6) is 5.75 Å². The molecular formula is C16H17NO3. The van der Waals surface area contributed by atoms with Crippen LogP contribution in [0.15, 0.2) is 48.7 Å². The van der Waals surface area contributed by atoms with Crippen molar-refractivity contribution in [1.82, 2.24) is 4.98 Å². The van der Waals surface area contributed by atoms with Gasteiger partial charge >= 0.3 is 0 Å². The smallest absolute Gasteiger partial charge is 0.188 e. The van der Waals surface area contributed by atoms with Gasteiger partial charge in [-0.1, -0.05) is 18.2 Å². The van der Waals surface area contributed by atoms with Crippen LogP contribution in [0.25, 0.3) is 0 Å². The Balaban J connectivity index is 1.77. The van der Waals surface area contributed by atoms with Crippen molar-refractivity contribution in [2.75, 3.05) is 20.3 Å². The summed E-state index contributed by atoms with van der Waals surface area (Å²) in [6, 6.07) is 12.8. The van der Waals surface area contributed by atoms with E-state index in [4.69, 9.17) is 9.47 Å². The third-order valence-corrected chi connectivity index (χ3v) is 2.85. The molecule has 0 unspecified atom stereocenters. The zero-order chi connectivity index (χ0) is 14.2. The van der Waals surface area contributed by atoms with Crippen LogP contribution in [-0.4, -0.2) is 31.1 Å². The van der Waals surface area contributed by atoms with Gasteiger partial charge in [-0.25, -0.2) is 0 Å². The van der Waals surface area contributed by atoms with Crippen LogP contribution in [-0.2, 0) is 11.2 Å². The van der Waals surface area contributed by atoms with Crippen molar-refractivity contribution in [3.8, 4) is 5.75 Å². The first kappa shape index (κ1) is 14.2. The molecule has 0 aliphatic heterocycles. The molecule has 4 heteroatoms. The molecule has 104 valence electrons. The summed E-state index contributed by atoms with van der Waals surface area (Å²) in [5.74, 6) is 0.620. The fourth-order valence-electron chi connectivity index (χ4n) is 1.77. The molecule has 0 spiro atoms. The molecule has 0 amide bonds. The summed E-state index contributed by atoms with van der Waals surface area (Å²) in [5.41, 5.74) is 1.56. The lowest BCUT2D eigenvalue weighted by molar-refractivity contribution is 0.0764. The minimum atomic E-state index is -0.0510. The number of Topliss-reactive ketones (excluding diaryl/α,β-unsaturated/α-hetero) is 1. The monoisotopic (exact) mass is 271 g/mol. The average Bonchev–Trinajstić information content (AvgIpc) is 2.52. The van der Waals surface area contributed by atoms with E-state index in [-0.39, 0.29) is 12.4 Å². The van der Waals surface area contributed by atoms with Gasteiger partial charge in [-0.2, -0.15) is 0 Å². The lowest BCUT2D eigenvalue weighted by atomic mass is 10.1. The lowest BCUT2D eigenvalue weighted by Crippen LogP contribution is -2.11. The number of carbonyl (C=O) groups is 1. The van der Waals surface area contributed by atoms with E-state index >= 15 is 0 Å². The molecule has 0 saturated heterocycles. The van der Waals surface area contributed by atoms with Gasteiger partial charge in [0, 0.05) is 23.9 Å². The van der Waals surface area contributed by atoms with Gasteiger partial charge < -0.3 is 9.47 Å². The summed E-state index contributed by atoms with van der Waals surface area (Å²) >= 11 is 0. The molecule has 0 bridgehead atoms. The number of rotatable bonds is 7. The average molecular weight is 271 g/mol. The number of benzene rings is 1. The summed E-state index contributed by atoms with van der Waals surface area (Å²) in [6.07, 6.45) is 2.45. The Morgan fingerprint density at radius 1 is 1.20 bits per heavy atom. The van der Waals surface area contributed by atoms with E-state index in [9.17, 15) is 4.79 Å². The number of methoxy groups -OCH3 is 1. The third kappa shape index (κ3) is 4.17. The van der Waals surface area contributed by atoms with Gasteiger partial charge in [-0.3, -0.25) is 9.78 Å². The van der Waals surface area contributed by atoms with Crippen LogP contribution in [0.1, 0.15) is 16.1 Å². The van der Waals surface area contributed by atoms with Crippen LogP contribution >= 0.6 is 0 Å². The molecular weight excluding hydrogens is 254 g/mol. The van der Waals surface area contributed by atoms with Crippen molar-refractivity contribution in [2.24, 2.45) is 0 Å². The second-order valence-corrected chi connectivity index (χ2v) is 4.28. The van der Waals surface area contributed by atoms with Crippen molar-refractivity contribution in [3.05, 3.63) is 59.9 Å². The number of nitrogens with zero attached hydrogens (tertiary/aromatic N) is 1. The fraction of sp³-hybridized carbons (Fsp3) is 0.250. The summed E-state index contributed by atoms with van der Waals surface area (Å²) in [6.45, 7) is 0.548. The summed E-state index contributed by atoms with van der Waals surface area (Å²) < 4.78 is 10.5. The molecule has 0 atom stereocenters. The standard InChI is InChI=1S/C16H17NO3/c1-19-15-7-4-5-13(11-15)16(18)12-20-10-8-14-6-2-3-9-17-14/h2-7,9,11H,8,10,12H2,1H3. The summed E-state index contributed by atoms with van der Waals surface area (Å²) in [4.78, 5) is 16.1. The third-order valence-electron chi connectivity index (χ3n) is 2.85. The zero-order valence-corrected chi connectivity index (χ0v) is 11.4. The van der Waals surface area contributed by atoms with Gasteiger partial charge in [0.2, 0.25) is 0 Å². The van der Waals surface area contributed by atoms with E-state index in [0.717, 1.165) is 5.69 Å². The fourth-order valence-corrected chi connectivity index (χ4v) is 1.77. The van der Waals surface area contributed by atoms with Crippen LogP contribution in [0, 0.1) is 0 Å². The van der Waals surface area contributed by atoms with Gasteiger partial charge in [0.1, 0.15) is 12.4 Å². The molecule has 1 aromatic heterocycles. The van der Waals surface area contributed by atoms with Crippen molar-refractivity contribution >= 4 is 5.78 Å². The quantitative estimate of drug-likeness (QED) is 0.573. The maximum absolute atomic E-state index is 11.9. The second kappa shape index (κ2) is 7.40. The summed E-state index contributed by atoms with van der Waals surface area (Å²) in [5, 5.41) is 0. The molecule has 0 aliphatic carbocycles. The Morgan fingerprint density at radius 3 is 2.85 bits per heavy atom. The van der Waals surface area contributed by atoms with Gasteiger partial charge in [0.05, 0.1) is 13.7 Å². The van der Waals surface area contributed by atoms with E-state index in [1.54, 1.807) is 37.6 Å². The van der Waals surface area contributed by atoms with Crippen LogP contribution < -0.4 is 4.74 Å². The number of pyridine rings is 1. The molecule has 0 aliphatic rings. The number of ether oxygens (including phenoxy) is 2. The highest BCUT2D eigenvalue weighted by atomic mass is 16.5. The second-order valence-electron chi connectivity index (χ2n) is 4.28. The van der Waals surface area contributed by atoms with Crippen LogP contribution in [0.4, 0.5) is 0 Å². The molecule has 0 N–H and O–H groups in total. The largest absolute Gasteiger partial charge is 0.497 e. The maximum Gasteiger partial charge on any atom is 0.188 e. The molecule has 0 saturated carbocycles. The first-order valence-electron chi connectivity index (χ1n) is 6.44. The minimum Gasteiger partial charge on any atom is -0.497 e. The Bertz CT molecular complexity index is 555. The number of aromatic nitrogens is 1. The number of hydrogen-bond acceptors (Lipinski definition) is 4. The van der Waals surface area contributed by atoms with Crippen LogP contribution in [0.2, 0.25) is 0 Å². The normalized spacial score (nSPS) is 10.2. The van der Waals surface area contributed by atoms with E-state index in [0.29, 0.717) is 24.3 Å². The molecule has 2 rings (SSSR count). The van der Waals surface area contributed by atoms with Gasteiger partial charge in [-0.05, 0) is 24.3 Å². The Hall–Kier alpha value is -2.20. The Kier molecular flexibility index (Phi) is 5.26. The highest BCUT2D eigenvalue weighted by molar-refractivity contribution is 5.97. The molecule has 0 fully saturated rings. The predicted molar refractivity (Wildman–Crippen MR) is 76.1 cm³/mol. The van der Waals surface area contributed by atoms with Crippen molar-refractivity contribution in [3.63, 3.8) is 0 Å². The highest BCUT2D eigenvalue weighted by Gasteiger charge is 2.07. The lowest BCUT2D eigenvalue weighted by Gasteiger charge is -2.05. The van der Waals surface area contributed by atoms with Crippen molar-refractivity contribution in [2.45, 2.75) is 6.42 Å². The van der Waals surface area contributed by atoms with E-state index in [1.165, 1.54) is 0 Å². The minimum absolute atomic E-state index is 0.0510.